The Morgan fingerprint density at radius 2 is 1.27 bits per heavy atom. The highest BCUT2D eigenvalue weighted by molar-refractivity contribution is 7.12. The third kappa shape index (κ3) is 11.8. The lowest BCUT2D eigenvalue weighted by Crippen LogP contribution is -2.37. The number of aromatic nitrogens is 2. The van der Waals surface area contributed by atoms with Crippen LogP contribution in [0.15, 0.2) is 12.4 Å². The van der Waals surface area contributed by atoms with Crippen LogP contribution in [0, 0.1) is 0 Å². The van der Waals surface area contributed by atoms with Gasteiger partial charge in [-0.1, -0.05) is 0 Å². The summed E-state index contributed by atoms with van der Waals surface area (Å²) in [4.78, 5) is 72.5. The summed E-state index contributed by atoms with van der Waals surface area (Å²) < 4.78 is 20.0. The average molecular weight is 711 g/mol. The molecular formula is C32H46N4O10S2. The first-order chi connectivity index (χ1) is 22.4. The van der Waals surface area contributed by atoms with Crippen LogP contribution >= 0.6 is 22.7 Å². The molecule has 2 aromatic rings. The van der Waals surface area contributed by atoms with Crippen LogP contribution in [-0.4, -0.2) is 99.4 Å². The van der Waals surface area contributed by atoms with Gasteiger partial charge in [-0.05, 0) is 54.4 Å². The minimum absolute atomic E-state index is 0.0165. The molecule has 0 unspecified atom stereocenters. The molecule has 4 heterocycles. The highest BCUT2D eigenvalue weighted by Gasteiger charge is 2.40. The Bertz CT molecular complexity index is 1440. The maximum Gasteiger partial charge on any atom is 0.411 e. The summed E-state index contributed by atoms with van der Waals surface area (Å²) in [6.45, 7) is 11.0. The summed E-state index contributed by atoms with van der Waals surface area (Å²) in [5.74, 6) is -0.565. The van der Waals surface area contributed by atoms with Crippen molar-refractivity contribution in [1.29, 1.82) is 0 Å². The van der Waals surface area contributed by atoms with Crippen LogP contribution in [0.5, 0.6) is 0 Å². The van der Waals surface area contributed by atoms with Gasteiger partial charge in [-0.2, -0.15) is 0 Å². The van der Waals surface area contributed by atoms with Gasteiger partial charge in [0.05, 0.1) is 58.3 Å². The SMILES string of the molecule is COC(=O)CCc1cnc([C@@H]2CC(=O)CN2C(=O)OC(C)(C)C)s1.COC(=O)CCc1cnc([C@@H]2C[C@@H](O)CN2C(=O)OC(C)(C)C)s1. The number of ketones is 1. The molecule has 0 spiro atoms. The standard InChI is InChI=1S/C16H24N2O5S.C16H22N2O5S/c2*1-16(2,3)23-15(21)18-9-10(19)7-12(18)14-17-8-11(24-14)5-6-13(20)22-4/h8,10,12,19H,5-7,9H2,1-4H3;8,12H,5-7,9H2,1-4H3/t10-,12+;12-/m10/s1. The highest BCUT2D eigenvalue weighted by atomic mass is 32.1. The van der Waals surface area contributed by atoms with Gasteiger partial charge in [0.25, 0.3) is 0 Å². The number of nitrogens with zero attached hydrogens (tertiary/aromatic N) is 4. The first kappa shape index (κ1) is 38.8. The Balaban J connectivity index is 0.000000260. The van der Waals surface area contributed by atoms with Gasteiger partial charge in [0.1, 0.15) is 21.2 Å². The Morgan fingerprint density at radius 1 is 0.812 bits per heavy atom. The van der Waals surface area contributed by atoms with Crippen molar-refractivity contribution in [2.75, 3.05) is 27.3 Å². The van der Waals surface area contributed by atoms with E-state index in [9.17, 15) is 29.1 Å². The second kappa shape index (κ2) is 16.7. The Morgan fingerprint density at radius 3 is 1.73 bits per heavy atom. The summed E-state index contributed by atoms with van der Waals surface area (Å²) in [6.07, 6.45) is 4.15. The van der Waals surface area contributed by atoms with E-state index in [0.29, 0.717) is 30.7 Å². The van der Waals surface area contributed by atoms with E-state index < -0.39 is 35.5 Å². The monoisotopic (exact) mass is 710 g/mol. The summed E-state index contributed by atoms with van der Waals surface area (Å²) in [6, 6.07) is -0.698. The summed E-state index contributed by atoms with van der Waals surface area (Å²) in [5.41, 5.74) is -1.22. The molecule has 3 atom stereocenters. The normalized spacial score (nSPS) is 19.4. The summed E-state index contributed by atoms with van der Waals surface area (Å²) in [7, 11) is 2.71. The van der Waals surface area contributed by atoms with E-state index >= 15 is 0 Å². The van der Waals surface area contributed by atoms with Crippen LogP contribution < -0.4 is 0 Å². The molecule has 2 fully saturated rings. The van der Waals surface area contributed by atoms with Gasteiger partial charge in [0, 0.05) is 35.0 Å². The number of hydrogen-bond donors (Lipinski definition) is 1. The molecule has 48 heavy (non-hydrogen) atoms. The maximum atomic E-state index is 12.4. The molecule has 0 aliphatic carbocycles. The van der Waals surface area contributed by atoms with E-state index in [1.54, 1.807) is 53.9 Å². The number of aliphatic hydroxyl groups excluding tert-OH is 1. The fourth-order valence-corrected chi connectivity index (χ4v) is 6.91. The number of carbonyl (C=O) groups excluding carboxylic acids is 5. The highest BCUT2D eigenvalue weighted by Crippen LogP contribution is 2.36. The Hall–Kier alpha value is -3.63. The molecule has 14 nitrogen and oxygen atoms in total. The second-order valence-corrected chi connectivity index (χ2v) is 15.7. The third-order valence-corrected chi connectivity index (χ3v) is 9.32. The number of β-amino-alcohol motifs (C(OH)–C–C–N with tert-alkyl or cyclic N) is 1. The Labute approximate surface area is 288 Å². The van der Waals surface area contributed by atoms with Crippen molar-refractivity contribution in [3.05, 3.63) is 32.2 Å². The maximum absolute atomic E-state index is 12.4. The Kier molecular flexibility index (Phi) is 13.5. The number of rotatable bonds is 8. The third-order valence-electron chi connectivity index (χ3n) is 7.00. The van der Waals surface area contributed by atoms with Crippen LogP contribution in [0.2, 0.25) is 0 Å². The van der Waals surface area contributed by atoms with Gasteiger partial charge >= 0.3 is 24.1 Å². The fraction of sp³-hybridized carbons (Fsp3) is 0.656. The number of esters is 2. The molecule has 0 radical (unpaired) electrons. The predicted octanol–water partition coefficient (Wildman–Crippen LogP) is 4.79. The smallest absolute Gasteiger partial charge is 0.411 e. The lowest BCUT2D eigenvalue weighted by atomic mass is 10.2. The topological polar surface area (TPSA) is 175 Å². The molecule has 2 aliphatic heterocycles. The van der Waals surface area contributed by atoms with Crippen LogP contribution in [0.3, 0.4) is 0 Å². The minimum Gasteiger partial charge on any atom is -0.469 e. The van der Waals surface area contributed by atoms with Crippen molar-refractivity contribution in [1.82, 2.24) is 19.8 Å². The molecule has 0 saturated carbocycles. The van der Waals surface area contributed by atoms with E-state index in [4.69, 9.17) is 9.47 Å². The lowest BCUT2D eigenvalue weighted by Gasteiger charge is -2.27. The molecule has 266 valence electrons. The van der Waals surface area contributed by atoms with E-state index in [1.807, 2.05) is 0 Å². The molecule has 2 aromatic heterocycles. The number of hydrogen-bond acceptors (Lipinski definition) is 14. The van der Waals surface area contributed by atoms with Crippen molar-refractivity contribution in [2.24, 2.45) is 0 Å². The average Bonchev–Trinajstić information content (AvgIpc) is 3.79. The molecule has 2 amide bonds. The van der Waals surface area contributed by atoms with Gasteiger partial charge in [0.15, 0.2) is 5.78 Å². The van der Waals surface area contributed by atoms with Crippen LogP contribution in [-0.2, 0) is 46.2 Å². The molecule has 2 aliphatic rings. The minimum atomic E-state index is -0.623. The quantitative estimate of drug-likeness (QED) is 0.293. The van der Waals surface area contributed by atoms with Crippen LogP contribution in [0.1, 0.15) is 99.1 Å². The van der Waals surface area contributed by atoms with Gasteiger partial charge in [-0.25, -0.2) is 19.6 Å². The van der Waals surface area contributed by atoms with E-state index in [-0.39, 0.29) is 49.7 Å². The van der Waals surface area contributed by atoms with Crippen LogP contribution in [0.25, 0.3) is 0 Å². The van der Waals surface area contributed by atoms with Gasteiger partial charge in [-0.15, -0.1) is 22.7 Å². The number of likely N-dealkylation sites (tertiary alicyclic amines) is 2. The number of ether oxygens (including phenoxy) is 4. The number of carbonyl (C=O) groups is 5. The zero-order chi connectivity index (χ0) is 35.8. The first-order valence-corrected chi connectivity index (χ1v) is 17.2. The van der Waals surface area contributed by atoms with Crippen molar-refractivity contribution in [3.63, 3.8) is 0 Å². The van der Waals surface area contributed by atoms with Crippen molar-refractivity contribution >= 4 is 52.6 Å². The van der Waals surface area contributed by atoms with E-state index in [1.165, 1.54) is 46.7 Å². The van der Waals surface area contributed by atoms with E-state index in [2.05, 4.69) is 19.4 Å². The summed E-state index contributed by atoms with van der Waals surface area (Å²) >= 11 is 2.85. The van der Waals surface area contributed by atoms with Crippen LogP contribution in [0.4, 0.5) is 9.59 Å². The summed E-state index contributed by atoms with van der Waals surface area (Å²) in [5, 5.41) is 11.4. The molecule has 2 saturated heterocycles. The van der Waals surface area contributed by atoms with Gasteiger partial charge in [-0.3, -0.25) is 24.2 Å². The number of aliphatic hydroxyl groups is 1. The zero-order valence-corrected chi connectivity index (χ0v) is 30.4. The van der Waals surface area contributed by atoms with Gasteiger partial charge < -0.3 is 24.1 Å². The van der Waals surface area contributed by atoms with Crippen molar-refractivity contribution in [3.8, 4) is 0 Å². The van der Waals surface area contributed by atoms with Gasteiger partial charge in [0.2, 0.25) is 0 Å². The largest absolute Gasteiger partial charge is 0.469 e. The molecular weight excluding hydrogens is 665 g/mol. The predicted molar refractivity (Wildman–Crippen MR) is 177 cm³/mol. The number of thiazole rings is 2. The first-order valence-electron chi connectivity index (χ1n) is 15.6. The van der Waals surface area contributed by atoms with Crippen molar-refractivity contribution in [2.45, 2.75) is 109 Å². The number of amides is 2. The lowest BCUT2D eigenvalue weighted by molar-refractivity contribution is -0.141. The molecule has 0 bridgehead atoms. The fourth-order valence-electron chi connectivity index (χ4n) is 4.83. The number of Topliss-reactive ketones (excluding diaryl/α,β-unsaturated/α-hetero) is 1. The second-order valence-electron chi connectivity index (χ2n) is 13.4. The number of methoxy groups -OCH3 is 2. The molecule has 0 aromatic carbocycles. The molecule has 1 N–H and O–H groups in total. The molecule has 16 heteroatoms. The van der Waals surface area contributed by atoms with E-state index in [0.717, 1.165) is 14.8 Å². The van der Waals surface area contributed by atoms with Crippen molar-refractivity contribution < 1.29 is 48.0 Å². The molecule has 4 rings (SSSR count). The zero-order valence-electron chi connectivity index (χ0n) is 28.8. The number of aryl methyl sites for hydroxylation is 2.